The number of carbonyl (C=O) groups is 1. The second-order valence-corrected chi connectivity index (χ2v) is 9.63. The molecule has 30 heavy (non-hydrogen) atoms. The number of alkyl halides is 3. The molecule has 1 aromatic heterocycles. The van der Waals surface area contributed by atoms with Crippen molar-refractivity contribution in [3.8, 4) is 0 Å². The van der Waals surface area contributed by atoms with Crippen LogP contribution in [-0.4, -0.2) is 53.6 Å². The zero-order valence-electron chi connectivity index (χ0n) is 16.9. The predicted molar refractivity (Wildman–Crippen MR) is 103 cm³/mol. The van der Waals surface area contributed by atoms with E-state index in [2.05, 4.69) is 15.3 Å². The standard InChI is InChI=1S/C21H27F3N4O2/c22-21(23,24)17-16(18(29)28-1-3-30-4-2-28)11-25-19(27-17)26-12-20-8-13-5-14(9-20)7-15(6-13)10-20/h11,13-15H,1-10,12H2,(H,25,26,27). The second kappa shape index (κ2) is 7.35. The average Bonchev–Trinajstić information content (AvgIpc) is 2.71. The first-order valence-electron chi connectivity index (χ1n) is 10.9. The molecule has 0 atom stereocenters. The number of rotatable bonds is 4. The normalized spacial score (nSPS) is 33.0. The van der Waals surface area contributed by atoms with Crippen molar-refractivity contribution in [1.29, 1.82) is 0 Å². The summed E-state index contributed by atoms with van der Waals surface area (Å²) in [5, 5.41) is 3.09. The smallest absolute Gasteiger partial charge is 0.378 e. The molecule has 0 aromatic carbocycles. The fourth-order valence-electron chi connectivity index (χ4n) is 6.55. The van der Waals surface area contributed by atoms with E-state index < -0.39 is 23.3 Å². The first kappa shape index (κ1) is 20.0. The Balaban J connectivity index is 1.34. The third kappa shape index (κ3) is 3.76. The molecular formula is C21H27F3N4O2. The molecule has 2 heterocycles. The molecular weight excluding hydrogens is 397 g/mol. The number of morpholine rings is 1. The van der Waals surface area contributed by atoms with Crippen molar-refractivity contribution in [2.45, 2.75) is 44.7 Å². The van der Waals surface area contributed by atoms with Gasteiger partial charge in [-0.15, -0.1) is 0 Å². The molecule has 0 unspecified atom stereocenters. The number of halogens is 3. The summed E-state index contributed by atoms with van der Waals surface area (Å²) in [5.41, 5.74) is -1.51. The zero-order chi connectivity index (χ0) is 20.9. The molecule has 6 nitrogen and oxygen atoms in total. The zero-order valence-corrected chi connectivity index (χ0v) is 16.9. The van der Waals surface area contributed by atoms with Gasteiger partial charge in [-0.3, -0.25) is 4.79 Å². The van der Waals surface area contributed by atoms with Crippen LogP contribution >= 0.6 is 0 Å². The monoisotopic (exact) mass is 424 g/mol. The molecule has 6 rings (SSSR count). The molecule has 4 saturated carbocycles. The van der Waals surface area contributed by atoms with Crippen molar-refractivity contribution >= 4 is 11.9 Å². The Labute approximate surface area is 173 Å². The fourth-order valence-corrected chi connectivity index (χ4v) is 6.55. The summed E-state index contributed by atoms with van der Waals surface area (Å²) in [7, 11) is 0. The lowest BCUT2D eigenvalue weighted by molar-refractivity contribution is -0.141. The van der Waals surface area contributed by atoms with Gasteiger partial charge in [-0.05, 0) is 61.7 Å². The number of nitrogens with zero attached hydrogens (tertiary/aromatic N) is 3. The topological polar surface area (TPSA) is 67.4 Å². The van der Waals surface area contributed by atoms with Gasteiger partial charge in [-0.25, -0.2) is 9.97 Å². The average molecular weight is 424 g/mol. The third-order valence-corrected chi connectivity index (χ3v) is 7.37. The van der Waals surface area contributed by atoms with E-state index in [0.717, 1.165) is 43.2 Å². The molecule has 1 saturated heterocycles. The molecule has 4 bridgehead atoms. The van der Waals surface area contributed by atoms with Gasteiger partial charge in [-0.2, -0.15) is 13.2 Å². The van der Waals surface area contributed by atoms with E-state index >= 15 is 0 Å². The van der Waals surface area contributed by atoms with Crippen LogP contribution < -0.4 is 5.32 Å². The minimum absolute atomic E-state index is 0.0448. The van der Waals surface area contributed by atoms with Crippen LogP contribution in [0, 0.1) is 23.2 Å². The van der Waals surface area contributed by atoms with Crippen molar-refractivity contribution in [3.63, 3.8) is 0 Å². The van der Waals surface area contributed by atoms with Crippen LogP contribution in [-0.2, 0) is 10.9 Å². The highest BCUT2D eigenvalue weighted by Gasteiger charge is 2.50. The number of carbonyl (C=O) groups excluding carboxylic acids is 1. The van der Waals surface area contributed by atoms with E-state index in [1.807, 2.05) is 0 Å². The van der Waals surface area contributed by atoms with Crippen LogP contribution in [0.5, 0.6) is 0 Å². The molecule has 4 aliphatic carbocycles. The molecule has 9 heteroatoms. The minimum Gasteiger partial charge on any atom is -0.378 e. The highest BCUT2D eigenvalue weighted by Crippen LogP contribution is 2.59. The largest absolute Gasteiger partial charge is 0.434 e. The van der Waals surface area contributed by atoms with Crippen LogP contribution in [0.2, 0.25) is 0 Å². The fraction of sp³-hybridized carbons (Fsp3) is 0.762. The summed E-state index contributed by atoms with van der Waals surface area (Å²) >= 11 is 0. The van der Waals surface area contributed by atoms with E-state index in [9.17, 15) is 18.0 Å². The Bertz CT molecular complexity index is 788. The number of hydrogen-bond donors (Lipinski definition) is 1. The lowest BCUT2D eigenvalue weighted by atomic mass is 9.49. The molecule has 164 valence electrons. The second-order valence-electron chi connectivity index (χ2n) is 9.63. The van der Waals surface area contributed by atoms with Crippen molar-refractivity contribution in [1.82, 2.24) is 14.9 Å². The summed E-state index contributed by atoms with van der Waals surface area (Å²) in [5.74, 6) is 1.55. The van der Waals surface area contributed by atoms with Gasteiger partial charge in [-0.1, -0.05) is 0 Å². The first-order chi connectivity index (χ1) is 14.3. The number of ether oxygens (including phenoxy) is 1. The Kier molecular flexibility index (Phi) is 4.91. The Morgan fingerprint density at radius 2 is 1.73 bits per heavy atom. The number of hydrogen-bond acceptors (Lipinski definition) is 5. The van der Waals surface area contributed by atoms with Crippen molar-refractivity contribution < 1.29 is 22.7 Å². The number of anilines is 1. The van der Waals surface area contributed by atoms with Gasteiger partial charge >= 0.3 is 6.18 Å². The van der Waals surface area contributed by atoms with Crippen LogP contribution in [0.4, 0.5) is 19.1 Å². The Morgan fingerprint density at radius 1 is 1.13 bits per heavy atom. The lowest BCUT2D eigenvalue weighted by Gasteiger charge is -2.56. The maximum atomic E-state index is 13.7. The first-order valence-corrected chi connectivity index (χ1v) is 10.9. The SMILES string of the molecule is O=C(c1cnc(NCC23CC4CC(CC(C4)C2)C3)nc1C(F)(F)F)N1CCOCC1. The van der Waals surface area contributed by atoms with E-state index in [4.69, 9.17) is 4.74 Å². The van der Waals surface area contributed by atoms with Crippen LogP contribution in [0.25, 0.3) is 0 Å². The van der Waals surface area contributed by atoms with E-state index in [1.165, 1.54) is 24.2 Å². The molecule has 0 radical (unpaired) electrons. The van der Waals surface area contributed by atoms with E-state index in [0.29, 0.717) is 19.8 Å². The Morgan fingerprint density at radius 3 is 2.30 bits per heavy atom. The van der Waals surface area contributed by atoms with Gasteiger partial charge in [0.1, 0.15) is 0 Å². The van der Waals surface area contributed by atoms with Crippen LogP contribution in [0.1, 0.15) is 54.6 Å². The summed E-state index contributed by atoms with van der Waals surface area (Å²) < 4.78 is 46.3. The Hall–Kier alpha value is -1.90. The van der Waals surface area contributed by atoms with E-state index in [-0.39, 0.29) is 24.5 Å². The molecule has 1 N–H and O–H groups in total. The quantitative estimate of drug-likeness (QED) is 0.800. The molecule has 5 aliphatic rings. The van der Waals surface area contributed by atoms with E-state index in [1.54, 1.807) is 0 Å². The summed E-state index contributed by atoms with van der Waals surface area (Å²) in [6.45, 7) is 1.77. The lowest BCUT2D eigenvalue weighted by Crippen LogP contribution is -2.49. The number of aromatic nitrogens is 2. The van der Waals surface area contributed by atoms with Crippen molar-refractivity contribution in [2.24, 2.45) is 23.2 Å². The third-order valence-electron chi connectivity index (χ3n) is 7.37. The minimum atomic E-state index is -4.72. The highest BCUT2D eigenvalue weighted by molar-refractivity contribution is 5.95. The van der Waals surface area contributed by atoms with Gasteiger partial charge in [0, 0.05) is 25.8 Å². The molecule has 1 amide bonds. The summed E-state index contributed by atoms with van der Waals surface area (Å²) in [4.78, 5) is 21.8. The van der Waals surface area contributed by atoms with Crippen molar-refractivity contribution in [3.05, 3.63) is 17.5 Å². The van der Waals surface area contributed by atoms with Crippen LogP contribution in [0.3, 0.4) is 0 Å². The highest BCUT2D eigenvalue weighted by atomic mass is 19.4. The maximum Gasteiger partial charge on any atom is 0.434 e. The molecule has 5 fully saturated rings. The van der Waals surface area contributed by atoms with Gasteiger partial charge < -0.3 is 15.0 Å². The number of nitrogens with one attached hydrogen (secondary N) is 1. The van der Waals surface area contributed by atoms with Gasteiger partial charge in [0.05, 0.1) is 18.8 Å². The van der Waals surface area contributed by atoms with Crippen molar-refractivity contribution in [2.75, 3.05) is 38.2 Å². The number of amides is 1. The van der Waals surface area contributed by atoms with Gasteiger partial charge in [0.15, 0.2) is 5.69 Å². The van der Waals surface area contributed by atoms with Crippen LogP contribution in [0.15, 0.2) is 6.20 Å². The molecule has 1 aliphatic heterocycles. The summed E-state index contributed by atoms with van der Waals surface area (Å²) in [6.07, 6.45) is 3.67. The van der Waals surface area contributed by atoms with Gasteiger partial charge in [0.2, 0.25) is 5.95 Å². The molecule has 0 spiro atoms. The summed E-state index contributed by atoms with van der Waals surface area (Å²) in [6, 6.07) is 0. The predicted octanol–water partition coefficient (Wildman–Crippen LogP) is 3.60. The molecule has 1 aromatic rings. The van der Waals surface area contributed by atoms with Gasteiger partial charge in [0.25, 0.3) is 5.91 Å². The maximum absolute atomic E-state index is 13.7.